The summed E-state index contributed by atoms with van der Waals surface area (Å²) in [6.07, 6.45) is 3.39. The van der Waals surface area contributed by atoms with E-state index in [0.29, 0.717) is 11.6 Å². The number of nitrogens with zero attached hydrogens (tertiary/aromatic N) is 1. The van der Waals surface area contributed by atoms with Gasteiger partial charge in [-0.1, -0.05) is 6.92 Å². The Bertz CT molecular complexity index is 468. The summed E-state index contributed by atoms with van der Waals surface area (Å²) in [5.74, 6) is 0.527. The summed E-state index contributed by atoms with van der Waals surface area (Å²) in [6, 6.07) is 3.63. The van der Waals surface area contributed by atoms with Gasteiger partial charge in [0.1, 0.15) is 5.69 Å². The molecule has 110 valence electrons. The topological polar surface area (TPSA) is 63.2 Å². The molecule has 20 heavy (non-hydrogen) atoms. The molecule has 1 aromatic heterocycles. The van der Waals surface area contributed by atoms with Crippen molar-refractivity contribution in [2.45, 2.75) is 39.7 Å². The average Bonchev–Trinajstić information content (AvgIpc) is 2.90. The minimum Gasteiger partial charge on any atom is -0.473 e. The van der Waals surface area contributed by atoms with Crippen LogP contribution in [0.5, 0.6) is 5.88 Å². The van der Waals surface area contributed by atoms with Gasteiger partial charge in [0, 0.05) is 12.7 Å². The van der Waals surface area contributed by atoms with Crippen molar-refractivity contribution in [3.05, 3.63) is 18.3 Å². The van der Waals surface area contributed by atoms with Crippen molar-refractivity contribution in [3.8, 4) is 5.88 Å². The molecule has 1 aliphatic rings. The Hall–Kier alpha value is -1.62. The number of carbonyl (C=O) groups is 1. The third kappa shape index (κ3) is 3.10. The second kappa shape index (κ2) is 6.22. The molecule has 2 N–H and O–H groups in total. The van der Waals surface area contributed by atoms with E-state index in [1.165, 1.54) is 0 Å². The molecule has 0 saturated carbocycles. The van der Waals surface area contributed by atoms with E-state index in [-0.39, 0.29) is 17.4 Å². The minimum absolute atomic E-state index is 0.0221. The monoisotopic (exact) mass is 277 g/mol. The second-order valence-electron chi connectivity index (χ2n) is 5.54. The fraction of sp³-hybridized carbons (Fsp3) is 0.600. The number of rotatable bonds is 5. The van der Waals surface area contributed by atoms with Gasteiger partial charge in [-0.25, -0.2) is 4.98 Å². The number of hydrogen-bond acceptors (Lipinski definition) is 4. The lowest BCUT2D eigenvalue weighted by atomic mass is 9.83. The van der Waals surface area contributed by atoms with Crippen LogP contribution in [-0.4, -0.2) is 30.1 Å². The van der Waals surface area contributed by atoms with Crippen LogP contribution < -0.4 is 15.4 Å². The molecule has 5 heteroatoms. The number of ether oxygens (including phenoxy) is 1. The van der Waals surface area contributed by atoms with Gasteiger partial charge in [0.25, 0.3) is 0 Å². The van der Waals surface area contributed by atoms with Gasteiger partial charge in [0.05, 0.1) is 11.5 Å². The van der Waals surface area contributed by atoms with Gasteiger partial charge < -0.3 is 15.4 Å². The summed E-state index contributed by atoms with van der Waals surface area (Å²) >= 11 is 0. The Balaban J connectivity index is 2.15. The van der Waals surface area contributed by atoms with Crippen LogP contribution in [0, 0.1) is 5.41 Å². The number of anilines is 1. The van der Waals surface area contributed by atoms with E-state index in [0.717, 1.165) is 25.9 Å². The van der Waals surface area contributed by atoms with Crippen molar-refractivity contribution in [2.24, 2.45) is 5.41 Å². The highest BCUT2D eigenvalue weighted by Crippen LogP contribution is 2.32. The van der Waals surface area contributed by atoms with Gasteiger partial charge in [0.2, 0.25) is 11.8 Å². The van der Waals surface area contributed by atoms with Gasteiger partial charge >= 0.3 is 0 Å². The van der Waals surface area contributed by atoms with Gasteiger partial charge in [-0.15, -0.1) is 0 Å². The molecule has 0 bridgehead atoms. The van der Waals surface area contributed by atoms with Crippen molar-refractivity contribution in [1.82, 2.24) is 10.3 Å². The smallest absolute Gasteiger partial charge is 0.238 e. The van der Waals surface area contributed by atoms with Crippen LogP contribution in [0.2, 0.25) is 0 Å². The van der Waals surface area contributed by atoms with Gasteiger partial charge in [-0.3, -0.25) is 4.79 Å². The highest BCUT2D eigenvalue weighted by molar-refractivity contribution is 5.96. The fourth-order valence-corrected chi connectivity index (χ4v) is 2.46. The standard InChI is InChI=1S/C15H23N3O2/c1-4-15(7-9-16-10-15)14(19)18-12-6-5-8-17-13(12)20-11(2)3/h5-6,8,11,16H,4,7,9-10H2,1-3H3,(H,18,19). The molecule has 0 aliphatic carbocycles. The zero-order chi connectivity index (χ0) is 14.6. The van der Waals surface area contributed by atoms with Crippen molar-refractivity contribution in [2.75, 3.05) is 18.4 Å². The van der Waals surface area contributed by atoms with E-state index in [9.17, 15) is 4.79 Å². The lowest BCUT2D eigenvalue weighted by Gasteiger charge is -2.25. The molecule has 5 nitrogen and oxygen atoms in total. The molecule has 1 saturated heterocycles. The molecular weight excluding hydrogens is 254 g/mol. The first-order valence-corrected chi connectivity index (χ1v) is 7.21. The van der Waals surface area contributed by atoms with Crippen LogP contribution in [0.1, 0.15) is 33.6 Å². The third-order valence-corrected chi connectivity index (χ3v) is 3.77. The highest BCUT2D eigenvalue weighted by Gasteiger charge is 2.39. The van der Waals surface area contributed by atoms with Crippen molar-refractivity contribution in [3.63, 3.8) is 0 Å². The maximum absolute atomic E-state index is 12.6. The van der Waals surface area contributed by atoms with Gasteiger partial charge in [0.15, 0.2) is 0 Å². The first-order chi connectivity index (χ1) is 9.57. The maximum Gasteiger partial charge on any atom is 0.238 e. The molecule has 1 atom stereocenters. The maximum atomic E-state index is 12.6. The molecule has 1 aromatic rings. The first-order valence-electron chi connectivity index (χ1n) is 7.21. The molecule has 2 heterocycles. The number of nitrogens with one attached hydrogen (secondary N) is 2. The predicted octanol–water partition coefficient (Wildman–Crippen LogP) is 2.20. The Morgan fingerprint density at radius 2 is 2.40 bits per heavy atom. The average molecular weight is 277 g/mol. The third-order valence-electron chi connectivity index (χ3n) is 3.77. The number of amides is 1. The Morgan fingerprint density at radius 3 is 3.00 bits per heavy atom. The van der Waals surface area contributed by atoms with Crippen LogP contribution in [0.15, 0.2) is 18.3 Å². The molecular formula is C15H23N3O2. The second-order valence-corrected chi connectivity index (χ2v) is 5.54. The fourth-order valence-electron chi connectivity index (χ4n) is 2.46. The molecule has 2 rings (SSSR count). The number of pyridine rings is 1. The summed E-state index contributed by atoms with van der Waals surface area (Å²) in [7, 11) is 0. The Morgan fingerprint density at radius 1 is 1.60 bits per heavy atom. The quantitative estimate of drug-likeness (QED) is 0.866. The summed E-state index contributed by atoms with van der Waals surface area (Å²) < 4.78 is 5.63. The molecule has 0 spiro atoms. The molecule has 0 aromatic carbocycles. The summed E-state index contributed by atoms with van der Waals surface area (Å²) in [5.41, 5.74) is 0.330. The van der Waals surface area contributed by atoms with E-state index in [2.05, 4.69) is 22.5 Å². The predicted molar refractivity (Wildman–Crippen MR) is 78.8 cm³/mol. The molecule has 1 aliphatic heterocycles. The highest BCUT2D eigenvalue weighted by atomic mass is 16.5. The summed E-state index contributed by atoms with van der Waals surface area (Å²) in [6.45, 7) is 7.56. The zero-order valence-electron chi connectivity index (χ0n) is 12.4. The largest absolute Gasteiger partial charge is 0.473 e. The first kappa shape index (κ1) is 14.8. The van der Waals surface area contributed by atoms with E-state index in [4.69, 9.17) is 4.74 Å². The number of carbonyl (C=O) groups excluding carboxylic acids is 1. The zero-order valence-corrected chi connectivity index (χ0v) is 12.4. The molecule has 1 unspecified atom stereocenters. The molecule has 1 fully saturated rings. The lowest BCUT2D eigenvalue weighted by Crippen LogP contribution is -2.37. The normalized spacial score (nSPS) is 22.0. The summed E-state index contributed by atoms with van der Waals surface area (Å²) in [4.78, 5) is 16.8. The van der Waals surface area contributed by atoms with Crippen molar-refractivity contribution < 1.29 is 9.53 Å². The van der Waals surface area contributed by atoms with E-state index < -0.39 is 0 Å². The Kier molecular flexibility index (Phi) is 4.60. The number of aromatic nitrogens is 1. The van der Waals surface area contributed by atoms with Crippen LogP contribution in [0.25, 0.3) is 0 Å². The summed E-state index contributed by atoms with van der Waals surface area (Å²) in [5, 5.41) is 6.25. The SMILES string of the molecule is CCC1(C(=O)Nc2cccnc2OC(C)C)CCNC1. The van der Waals surface area contributed by atoms with Crippen LogP contribution in [-0.2, 0) is 4.79 Å². The molecule has 1 amide bonds. The van der Waals surface area contributed by atoms with Gasteiger partial charge in [-0.05, 0) is 45.4 Å². The van der Waals surface area contributed by atoms with Crippen LogP contribution in [0.3, 0.4) is 0 Å². The lowest BCUT2D eigenvalue weighted by molar-refractivity contribution is -0.124. The van der Waals surface area contributed by atoms with Crippen molar-refractivity contribution in [1.29, 1.82) is 0 Å². The van der Waals surface area contributed by atoms with Crippen molar-refractivity contribution >= 4 is 11.6 Å². The molecule has 0 radical (unpaired) electrons. The Labute approximate surface area is 120 Å². The van der Waals surface area contributed by atoms with Gasteiger partial charge in [-0.2, -0.15) is 0 Å². The van der Waals surface area contributed by atoms with Crippen LogP contribution >= 0.6 is 0 Å². The minimum atomic E-state index is -0.315. The van der Waals surface area contributed by atoms with E-state index in [1.807, 2.05) is 19.9 Å². The van der Waals surface area contributed by atoms with Crippen LogP contribution in [0.4, 0.5) is 5.69 Å². The van der Waals surface area contributed by atoms with E-state index in [1.54, 1.807) is 12.3 Å². The number of hydrogen-bond donors (Lipinski definition) is 2. The van der Waals surface area contributed by atoms with E-state index >= 15 is 0 Å².